The van der Waals surface area contributed by atoms with Crippen molar-refractivity contribution in [1.82, 2.24) is 0 Å². The average molecular weight is 265 g/mol. The first-order valence-electron chi connectivity index (χ1n) is 6.89. The molecule has 18 heavy (non-hydrogen) atoms. The number of nitrogens with two attached hydrogens (primary N) is 1. The van der Waals surface area contributed by atoms with Crippen LogP contribution in [0.2, 0.25) is 0 Å². The third kappa shape index (κ3) is 3.92. The first-order chi connectivity index (χ1) is 8.79. The highest BCUT2D eigenvalue weighted by atomic mass is 32.2. The van der Waals surface area contributed by atoms with Gasteiger partial charge in [-0.1, -0.05) is 25.0 Å². The van der Waals surface area contributed by atoms with Crippen molar-refractivity contribution in [2.45, 2.75) is 43.9 Å². The molecule has 2 rings (SSSR count). The van der Waals surface area contributed by atoms with Crippen LogP contribution in [0.3, 0.4) is 0 Å². The van der Waals surface area contributed by atoms with Crippen molar-refractivity contribution in [3.05, 3.63) is 29.8 Å². The van der Waals surface area contributed by atoms with Crippen LogP contribution >= 0.6 is 11.8 Å². The van der Waals surface area contributed by atoms with E-state index in [1.54, 1.807) is 0 Å². The summed E-state index contributed by atoms with van der Waals surface area (Å²) in [5.41, 5.74) is 7.45. The van der Waals surface area contributed by atoms with Crippen LogP contribution in [0, 0.1) is 0 Å². The molecule has 0 heterocycles. The molecule has 1 aromatic rings. The van der Waals surface area contributed by atoms with E-state index in [0.717, 1.165) is 16.8 Å². The lowest BCUT2D eigenvalue weighted by atomic mass is 10.1. The van der Waals surface area contributed by atoms with Crippen LogP contribution in [-0.4, -0.2) is 17.6 Å². The zero-order valence-electron chi connectivity index (χ0n) is 11.1. The Morgan fingerprint density at radius 3 is 2.56 bits per heavy atom. The number of rotatable bonds is 6. The van der Waals surface area contributed by atoms with Crippen molar-refractivity contribution < 1.29 is 4.74 Å². The third-order valence-electron chi connectivity index (χ3n) is 3.43. The average Bonchev–Trinajstić information content (AvgIpc) is 2.90. The van der Waals surface area contributed by atoms with E-state index in [0.29, 0.717) is 6.61 Å². The lowest BCUT2D eigenvalue weighted by molar-refractivity contribution is 0.340. The molecule has 0 aliphatic heterocycles. The van der Waals surface area contributed by atoms with Gasteiger partial charge in [0.2, 0.25) is 0 Å². The lowest BCUT2D eigenvalue weighted by Crippen LogP contribution is -2.14. The summed E-state index contributed by atoms with van der Waals surface area (Å²) in [5, 5.41) is 0.846. The smallest absolute Gasteiger partial charge is 0.119 e. The maximum Gasteiger partial charge on any atom is 0.119 e. The fraction of sp³-hybridized carbons (Fsp3) is 0.600. The van der Waals surface area contributed by atoms with E-state index < -0.39 is 0 Å². The molecular weight excluding hydrogens is 242 g/mol. The highest BCUT2D eigenvalue weighted by Gasteiger charge is 2.17. The standard InChI is InChI=1S/C15H23NOS/c1-2-17-13-9-7-12(8-10-13)15(16)11-18-14-5-3-4-6-14/h7-10,14-15H,2-6,11,16H2,1H3. The number of benzene rings is 1. The van der Waals surface area contributed by atoms with Gasteiger partial charge in [0.05, 0.1) is 6.61 Å². The number of thioether (sulfide) groups is 1. The molecular formula is C15H23NOS. The molecule has 100 valence electrons. The van der Waals surface area contributed by atoms with Crippen molar-refractivity contribution >= 4 is 11.8 Å². The Hall–Kier alpha value is -0.670. The normalized spacial score (nSPS) is 17.9. The summed E-state index contributed by atoms with van der Waals surface area (Å²) >= 11 is 2.05. The van der Waals surface area contributed by atoms with Gasteiger partial charge in [-0.25, -0.2) is 0 Å². The van der Waals surface area contributed by atoms with Crippen molar-refractivity contribution in [3.8, 4) is 5.75 Å². The van der Waals surface area contributed by atoms with Gasteiger partial charge in [-0.15, -0.1) is 0 Å². The van der Waals surface area contributed by atoms with Gasteiger partial charge in [0.1, 0.15) is 5.75 Å². The highest BCUT2D eigenvalue weighted by Crippen LogP contribution is 2.31. The molecule has 1 aliphatic rings. The second-order valence-corrected chi connectivity index (χ2v) is 6.18. The molecule has 0 aromatic heterocycles. The van der Waals surface area contributed by atoms with Crippen LogP contribution in [0.15, 0.2) is 24.3 Å². The SMILES string of the molecule is CCOc1ccc(C(N)CSC2CCCC2)cc1. The van der Waals surface area contributed by atoms with Crippen LogP contribution in [0.4, 0.5) is 0 Å². The number of hydrogen-bond donors (Lipinski definition) is 1. The summed E-state index contributed by atoms with van der Waals surface area (Å²) in [4.78, 5) is 0. The maximum atomic E-state index is 6.24. The van der Waals surface area contributed by atoms with E-state index in [1.165, 1.54) is 31.2 Å². The van der Waals surface area contributed by atoms with Gasteiger partial charge in [-0.2, -0.15) is 11.8 Å². The summed E-state index contributed by atoms with van der Waals surface area (Å²) in [5.74, 6) is 1.95. The van der Waals surface area contributed by atoms with Crippen LogP contribution in [0.25, 0.3) is 0 Å². The van der Waals surface area contributed by atoms with Crippen molar-refractivity contribution in [1.29, 1.82) is 0 Å². The zero-order chi connectivity index (χ0) is 12.8. The zero-order valence-corrected chi connectivity index (χ0v) is 11.9. The third-order valence-corrected chi connectivity index (χ3v) is 4.93. The molecule has 1 aromatic carbocycles. The maximum absolute atomic E-state index is 6.24. The summed E-state index contributed by atoms with van der Waals surface area (Å²) in [6.45, 7) is 2.71. The van der Waals surface area contributed by atoms with Crippen LogP contribution in [0.1, 0.15) is 44.2 Å². The van der Waals surface area contributed by atoms with Gasteiger partial charge in [-0.3, -0.25) is 0 Å². The second kappa shape index (κ2) is 7.05. The number of hydrogen-bond acceptors (Lipinski definition) is 3. The Balaban J connectivity index is 1.81. The Morgan fingerprint density at radius 2 is 1.94 bits per heavy atom. The Kier molecular flexibility index (Phi) is 5.39. The van der Waals surface area contributed by atoms with Crippen molar-refractivity contribution in [2.24, 2.45) is 5.73 Å². The van der Waals surface area contributed by atoms with Gasteiger partial charge in [0, 0.05) is 17.0 Å². The summed E-state index contributed by atoms with van der Waals surface area (Å²) in [6.07, 6.45) is 5.55. The van der Waals surface area contributed by atoms with Crippen LogP contribution in [-0.2, 0) is 0 Å². The van der Waals surface area contributed by atoms with E-state index >= 15 is 0 Å². The largest absolute Gasteiger partial charge is 0.494 e. The van der Waals surface area contributed by atoms with E-state index in [1.807, 2.05) is 30.8 Å². The van der Waals surface area contributed by atoms with Gasteiger partial charge < -0.3 is 10.5 Å². The number of ether oxygens (including phenoxy) is 1. The monoisotopic (exact) mass is 265 g/mol. The van der Waals surface area contributed by atoms with Gasteiger partial charge in [0.15, 0.2) is 0 Å². The molecule has 1 unspecified atom stereocenters. The Labute approximate surface area is 114 Å². The van der Waals surface area contributed by atoms with Crippen LogP contribution < -0.4 is 10.5 Å². The fourth-order valence-corrected chi connectivity index (χ4v) is 3.71. The fourth-order valence-electron chi connectivity index (χ4n) is 2.37. The first-order valence-corrected chi connectivity index (χ1v) is 7.94. The quantitative estimate of drug-likeness (QED) is 0.850. The molecule has 3 heteroatoms. The Morgan fingerprint density at radius 1 is 1.28 bits per heavy atom. The second-order valence-electron chi connectivity index (χ2n) is 4.85. The minimum atomic E-state index is 0.145. The van der Waals surface area contributed by atoms with Crippen molar-refractivity contribution in [3.63, 3.8) is 0 Å². The molecule has 2 nitrogen and oxygen atoms in total. The van der Waals surface area contributed by atoms with Gasteiger partial charge in [0.25, 0.3) is 0 Å². The molecule has 0 radical (unpaired) electrons. The van der Waals surface area contributed by atoms with E-state index in [2.05, 4.69) is 12.1 Å². The van der Waals surface area contributed by atoms with E-state index in [4.69, 9.17) is 10.5 Å². The van der Waals surface area contributed by atoms with Gasteiger partial charge >= 0.3 is 0 Å². The summed E-state index contributed by atoms with van der Waals surface area (Å²) < 4.78 is 5.44. The molecule has 2 N–H and O–H groups in total. The van der Waals surface area contributed by atoms with E-state index in [9.17, 15) is 0 Å². The molecule has 1 fully saturated rings. The van der Waals surface area contributed by atoms with E-state index in [-0.39, 0.29) is 6.04 Å². The molecule has 1 aliphatic carbocycles. The van der Waals surface area contributed by atoms with Crippen LogP contribution in [0.5, 0.6) is 5.75 Å². The Bertz CT molecular complexity index is 346. The molecule has 0 spiro atoms. The summed E-state index contributed by atoms with van der Waals surface area (Å²) in [6, 6.07) is 8.35. The topological polar surface area (TPSA) is 35.2 Å². The van der Waals surface area contributed by atoms with Crippen molar-refractivity contribution in [2.75, 3.05) is 12.4 Å². The predicted octanol–water partition coefficient (Wildman–Crippen LogP) is 3.76. The summed E-state index contributed by atoms with van der Waals surface area (Å²) in [7, 11) is 0. The molecule has 0 amide bonds. The molecule has 1 atom stereocenters. The molecule has 1 saturated carbocycles. The minimum Gasteiger partial charge on any atom is -0.494 e. The molecule has 0 saturated heterocycles. The minimum absolute atomic E-state index is 0.145. The molecule has 0 bridgehead atoms. The highest BCUT2D eigenvalue weighted by molar-refractivity contribution is 7.99. The van der Waals surface area contributed by atoms with Gasteiger partial charge in [-0.05, 0) is 37.5 Å². The predicted molar refractivity (Wildman–Crippen MR) is 79.3 cm³/mol. The first kappa shape index (κ1) is 13.8. The lowest BCUT2D eigenvalue weighted by Gasteiger charge is -2.15.